The Kier molecular flexibility index (Phi) is 8.11. The topological polar surface area (TPSA) is 102 Å². The summed E-state index contributed by atoms with van der Waals surface area (Å²) in [5, 5.41) is 4.34. The number of hydrogen-bond acceptors (Lipinski definition) is 7. The molecule has 1 amide bonds. The molecule has 1 aromatic heterocycles. The summed E-state index contributed by atoms with van der Waals surface area (Å²) in [4.78, 5) is 23.9. The van der Waals surface area contributed by atoms with Crippen molar-refractivity contribution >= 4 is 60.5 Å². The first-order chi connectivity index (χ1) is 15.7. The highest BCUT2D eigenvalue weighted by molar-refractivity contribution is 9.10. The van der Waals surface area contributed by atoms with Crippen LogP contribution in [-0.4, -0.2) is 40.6 Å². The van der Waals surface area contributed by atoms with Crippen molar-refractivity contribution in [2.75, 3.05) is 29.9 Å². The van der Waals surface area contributed by atoms with E-state index in [1.54, 1.807) is 53.9 Å². The van der Waals surface area contributed by atoms with Gasteiger partial charge in [0.1, 0.15) is 9.96 Å². The third kappa shape index (κ3) is 6.56. The Hall–Kier alpha value is -2.89. The second-order valence-corrected chi connectivity index (χ2v) is 10.9. The number of benzene rings is 2. The number of amides is 1. The molecule has 0 aliphatic carbocycles. The van der Waals surface area contributed by atoms with Crippen molar-refractivity contribution < 1.29 is 27.5 Å². The van der Waals surface area contributed by atoms with Gasteiger partial charge in [-0.15, -0.1) is 11.3 Å². The quantitative estimate of drug-likeness (QED) is 0.399. The zero-order valence-corrected chi connectivity index (χ0v) is 21.0. The van der Waals surface area contributed by atoms with Crippen LogP contribution in [0, 0.1) is 6.92 Å². The highest BCUT2D eigenvalue weighted by Crippen LogP contribution is 2.26. The minimum absolute atomic E-state index is 0.243. The average molecular weight is 553 g/mol. The summed E-state index contributed by atoms with van der Waals surface area (Å²) in [5.41, 5.74) is 2.00. The third-order valence-electron chi connectivity index (χ3n) is 4.47. The highest BCUT2D eigenvalue weighted by atomic mass is 79.9. The van der Waals surface area contributed by atoms with Crippen molar-refractivity contribution in [2.45, 2.75) is 11.1 Å². The van der Waals surface area contributed by atoms with E-state index in [1.807, 2.05) is 13.0 Å². The lowest BCUT2D eigenvalue weighted by Crippen LogP contribution is -2.25. The minimum atomic E-state index is -3.63. The number of nitrogens with zero attached hydrogens (tertiary/aromatic N) is 1. The predicted molar refractivity (Wildman–Crippen MR) is 130 cm³/mol. The van der Waals surface area contributed by atoms with Crippen molar-refractivity contribution in [3.63, 3.8) is 0 Å². The molecule has 1 N–H and O–H groups in total. The first kappa shape index (κ1) is 24.7. The summed E-state index contributed by atoms with van der Waals surface area (Å²) in [6.07, 6.45) is 0. The number of carbonyl (C=O) groups excluding carboxylic acids is 2. The molecule has 8 nitrogen and oxygen atoms in total. The molecule has 0 spiro atoms. The number of rotatable bonds is 9. The molecule has 0 fully saturated rings. The molecule has 0 aliphatic rings. The molecule has 0 atom stereocenters. The molecule has 0 saturated carbocycles. The third-order valence-corrected chi connectivity index (χ3v) is 8.52. The van der Waals surface area contributed by atoms with E-state index >= 15 is 0 Å². The smallest absolute Gasteiger partial charge is 0.344 e. The van der Waals surface area contributed by atoms with Gasteiger partial charge in [-0.1, -0.05) is 22.0 Å². The molecule has 3 rings (SSSR count). The molecule has 0 aliphatic heterocycles. The zero-order valence-electron chi connectivity index (χ0n) is 17.8. The van der Waals surface area contributed by atoms with Gasteiger partial charge in [0.2, 0.25) is 0 Å². The molecule has 0 bridgehead atoms. The van der Waals surface area contributed by atoms with E-state index in [9.17, 15) is 18.0 Å². The van der Waals surface area contributed by atoms with E-state index in [0.29, 0.717) is 17.1 Å². The molecule has 2 aromatic carbocycles. The molecule has 11 heteroatoms. The first-order valence-electron chi connectivity index (χ1n) is 9.64. The molecular formula is C22H21BrN2O6S2. The number of halogens is 1. The molecule has 33 heavy (non-hydrogen) atoms. The van der Waals surface area contributed by atoms with Gasteiger partial charge in [-0.25, -0.2) is 13.2 Å². The fourth-order valence-electron chi connectivity index (χ4n) is 2.69. The lowest BCUT2D eigenvalue weighted by atomic mass is 10.2. The fraction of sp³-hybridized carbons (Fsp3) is 0.182. The Bertz CT molecular complexity index is 1230. The number of thiophene rings is 1. The second kappa shape index (κ2) is 10.8. The number of esters is 1. The van der Waals surface area contributed by atoms with Crippen LogP contribution in [0.4, 0.5) is 11.4 Å². The number of ether oxygens (including phenoxy) is 2. The van der Waals surface area contributed by atoms with Crippen LogP contribution in [0.1, 0.15) is 5.56 Å². The molecule has 0 unspecified atom stereocenters. The summed E-state index contributed by atoms with van der Waals surface area (Å²) >= 11 is 4.52. The standard InChI is InChI=1S/C22H21BrN2O6S2/c1-15-12-16(5-10-19(15)23)24-20(26)13-31-21(27)14-30-18-8-6-17(7-9-18)25(2)33(28,29)22-4-3-11-32-22/h3-12H,13-14H2,1-2H3,(H,24,26). The van der Waals surface area contributed by atoms with Gasteiger partial charge in [-0.05, 0) is 66.4 Å². The molecule has 3 aromatic rings. The summed E-state index contributed by atoms with van der Waals surface area (Å²) < 4.78 is 37.8. The van der Waals surface area contributed by atoms with Gasteiger partial charge in [0.25, 0.3) is 15.9 Å². The van der Waals surface area contributed by atoms with E-state index in [-0.39, 0.29) is 4.21 Å². The van der Waals surface area contributed by atoms with E-state index in [1.165, 1.54) is 11.4 Å². The summed E-state index contributed by atoms with van der Waals surface area (Å²) in [6, 6.07) is 14.8. The number of sulfonamides is 1. The fourth-order valence-corrected chi connectivity index (χ4v) is 5.29. The van der Waals surface area contributed by atoms with Gasteiger partial charge in [0, 0.05) is 17.2 Å². The largest absolute Gasteiger partial charge is 0.482 e. The van der Waals surface area contributed by atoms with Crippen molar-refractivity contribution in [3.05, 3.63) is 70.0 Å². The Morgan fingerprint density at radius 3 is 2.45 bits per heavy atom. The van der Waals surface area contributed by atoms with Crippen LogP contribution in [-0.2, 0) is 24.3 Å². The SMILES string of the molecule is Cc1cc(NC(=O)COC(=O)COc2ccc(N(C)S(=O)(=O)c3cccs3)cc2)ccc1Br. The lowest BCUT2D eigenvalue weighted by molar-refractivity contribution is -0.149. The van der Waals surface area contributed by atoms with Crippen LogP contribution < -0.4 is 14.4 Å². The number of nitrogens with one attached hydrogen (secondary N) is 1. The van der Waals surface area contributed by atoms with Crippen molar-refractivity contribution in [1.82, 2.24) is 0 Å². The van der Waals surface area contributed by atoms with E-state index in [0.717, 1.165) is 21.4 Å². The number of hydrogen-bond donors (Lipinski definition) is 1. The number of aryl methyl sites for hydroxylation is 1. The maximum absolute atomic E-state index is 12.6. The molecular weight excluding hydrogens is 532 g/mol. The predicted octanol–water partition coefficient (Wildman–Crippen LogP) is 4.20. The monoisotopic (exact) mass is 552 g/mol. The van der Waals surface area contributed by atoms with Gasteiger partial charge in [-0.3, -0.25) is 9.10 Å². The van der Waals surface area contributed by atoms with Crippen molar-refractivity contribution in [1.29, 1.82) is 0 Å². The zero-order chi connectivity index (χ0) is 24.0. The van der Waals surface area contributed by atoms with Crippen LogP contribution >= 0.6 is 27.3 Å². The molecule has 1 heterocycles. The normalized spacial score (nSPS) is 11.0. The molecule has 0 saturated heterocycles. The first-order valence-corrected chi connectivity index (χ1v) is 12.7. The van der Waals surface area contributed by atoms with Crippen LogP contribution in [0.15, 0.2) is 68.7 Å². The van der Waals surface area contributed by atoms with Crippen molar-refractivity contribution in [2.24, 2.45) is 0 Å². The molecule has 174 valence electrons. The van der Waals surface area contributed by atoms with Crippen LogP contribution in [0.3, 0.4) is 0 Å². The summed E-state index contributed by atoms with van der Waals surface area (Å²) in [7, 11) is -2.17. The summed E-state index contributed by atoms with van der Waals surface area (Å²) in [6.45, 7) is 1.05. The van der Waals surface area contributed by atoms with Crippen LogP contribution in [0.25, 0.3) is 0 Å². The van der Waals surface area contributed by atoms with Crippen molar-refractivity contribution in [3.8, 4) is 5.75 Å². The number of anilines is 2. The van der Waals surface area contributed by atoms with E-state index in [4.69, 9.17) is 9.47 Å². The van der Waals surface area contributed by atoms with Gasteiger partial charge in [-0.2, -0.15) is 0 Å². The summed E-state index contributed by atoms with van der Waals surface area (Å²) in [5.74, 6) is -0.824. The Morgan fingerprint density at radius 2 is 1.82 bits per heavy atom. The van der Waals surface area contributed by atoms with Crippen LogP contribution in [0.2, 0.25) is 0 Å². The minimum Gasteiger partial charge on any atom is -0.482 e. The van der Waals surface area contributed by atoms with Gasteiger partial charge >= 0.3 is 5.97 Å². The average Bonchev–Trinajstić information content (AvgIpc) is 3.34. The Labute approximate surface area is 204 Å². The highest BCUT2D eigenvalue weighted by Gasteiger charge is 2.22. The van der Waals surface area contributed by atoms with Gasteiger partial charge in [0.05, 0.1) is 5.69 Å². The molecule has 0 radical (unpaired) electrons. The second-order valence-electron chi connectivity index (χ2n) is 6.86. The van der Waals surface area contributed by atoms with Gasteiger partial charge < -0.3 is 14.8 Å². The van der Waals surface area contributed by atoms with Crippen LogP contribution in [0.5, 0.6) is 5.75 Å². The maximum Gasteiger partial charge on any atom is 0.344 e. The Balaban J connectivity index is 1.46. The van der Waals surface area contributed by atoms with Gasteiger partial charge in [0.15, 0.2) is 13.2 Å². The lowest BCUT2D eigenvalue weighted by Gasteiger charge is -2.18. The number of carbonyl (C=O) groups is 2. The van der Waals surface area contributed by atoms with E-state index < -0.39 is 35.1 Å². The maximum atomic E-state index is 12.6. The Morgan fingerprint density at radius 1 is 1.09 bits per heavy atom. The van der Waals surface area contributed by atoms with E-state index in [2.05, 4.69) is 21.2 Å².